The van der Waals surface area contributed by atoms with Crippen molar-refractivity contribution in [2.45, 2.75) is 32.2 Å². The van der Waals surface area contributed by atoms with E-state index in [0.29, 0.717) is 32.2 Å². The predicted octanol–water partition coefficient (Wildman–Crippen LogP) is 0.544. The number of hydrogen-bond donors (Lipinski definition) is 2. The Morgan fingerprint density at radius 2 is 2.33 bits per heavy atom. The molecule has 2 unspecified atom stereocenters. The smallest absolute Gasteiger partial charge is 0.220 e. The van der Waals surface area contributed by atoms with Crippen molar-refractivity contribution in [3.8, 4) is 0 Å². The van der Waals surface area contributed by atoms with Crippen LogP contribution in [0, 0.1) is 5.92 Å². The first-order chi connectivity index (χ1) is 8.72. The zero-order valence-electron chi connectivity index (χ0n) is 11.5. The highest BCUT2D eigenvalue weighted by Gasteiger charge is 2.16. The highest BCUT2D eigenvalue weighted by atomic mass is 16.5. The highest BCUT2D eigenvalue weighted by Crippen LogP contribution is 2.13. The van der Waals surface area contributed by atoms with E-state index < -0.39 is 0 Å². The van der Waals surface area contributed by atoms with Gasteiger partial charge in [0.15, 0.2) is 0 Å². The molecule has 2 N–H and O–H groups in total. The maximum Gasteiger partial charge on any atom is 0.220 e. The second-order valence-electron chi connectivity index (χ2n) is 4.93. The molecule has 1 saturated heterocycles. The molecular weight excluding hydrogens is 232 g/mol. The number of carbonyl (C=O) groups excluding carboxylic acids is 1. The SMILES string of the molecule is COCCOCC(C)NC(=O)CCC1CCNC1. The molecule has 1 rings (SSSR count). The van der Waals surface area contributed by atoms with Crippen LogP contribution in [0.5, 0.6) is 0 Å². The summed E-state index contributed by atoms with van der Waals surface area (Å²) in [5, 5.41) is 6.27. The van der Waals surface area contributed by atoms with Gasteiger partial charge in [-0.2, -0.15) is 0 Å². The summed E-state index contributed by atoms with van der Waals surface area (Å²) in [5.74, 6) is 0.800. The van der Waals surface area contributed by atoms with E-state index in [9.17, 15) is 4.79 Å². The second-order valence-corrected chi connectivity index (χ2v) is 4.93. The van der Waals surface area contributed by atoms with Crippen LogP contribution in [-0.2, 0) is 14.3 Å². The van der Waals surface area contributed by atoms with Crippen molar-refractivity contribution in [2.24, 2.45) is 5.92 Å². The molecule has 1 aliphatic heterocycles. The molecular formula is C13H26N2O3. The molecule has 5 nitrogen and oxygen atoms in total. The minimum atomic E-state index is 0.0658. The van der Waals surface area contributed by atoms with Crippen LogP contribution in [-0.4, -0.2) is 52.0 Å². The molecule has 1 heterocycles. The number of amides is 1. The molecule has 18 heavy (non-hydrogen) atoms. The van der Waals surface area contributed by atoms with Crippen molar-refractivity contribution in [3.63, 3.8) is 0 Å². The molecule has 2 atom stereocenters. The minimum Gasteiger partial charge on any atom is -0.382 e. The summed E-state index contributed by atoms with van der Waals surface area (Å²) >= 11 is 0. The maximum absolute atomic E-state index is 11.7. The molecule has 0 aliphatic carbocycles. The Bertz CT molecular complexity index is 230. The van der Waals surface area contributed by atoms with Crippen LogP contribution in [0.1, 0.15) is 26.2 Å². The fourth-order valence-electron chi connectivity index (χ4n) is 2.09. The largest absolute Gasteiger partial charge is 0.382 e. The topological polar surface area (TPSA) is 59.6 Å². The van der Waals surface area contributed by atoms with Gasteiger partial charge in [0.05, 0.1) is 19.8 Å². The maximum atomic E-state index is 11.7. The van der Waals surface area contributed by atoms with Gasteiger partial charge in [-0.1, -0.05) is 0 Å². The van der Waals surface area contributed by atoms with Gasteiger partial charge in [0.25, 0.3) is 0 Å². The summed E-state index contributed by atoms with van der Waals surface area (Å²) in [7, 11) is 1.65. The van der Waals surface area contributed by atoms with Crippen molar-refractivity contribution >= 4 is 5.91 Å². The van der Waals surface area contributed by atoms with Crippen LogP contribution >= 0.6 is 0 Å². The molecule has 0 bridgehead atoms. The van der Waals surface area contributed by atoms with Crippen molar-refractivity contribution in [3.05, 3.63) is 0 Å². The zero-order chi connectivity index (χ0) is 13.2. The summed E-state index contributed by atoms with van der Waals surface area (Å²) < 4.78 is 10.2. The van der Waals surface area contributed by atoms with Gasteiger partial charge in [-0.3, -0.25) is 4.79 Å². The number of ether oxygens (including phenoxy) is 2. The van der Waals surface area contributed by atoms with E-state index in [1.165, 1.54) is 6.42 Å². The first-order valence-electron chi connectivity index (χ1n) is 6.79. The third-order valence-electron chi connectivity index (χ3n) is 3.15. The molecule has 5 heteroatoms. The number of carbonyl (C=O) groups is 1. The van der Waals surface area contributed by atoms with Crippen LogP contribution in [0.2, 0.25) is 0 Å². The molecule has 1 aliphatic rings. The average molecular weight is 258 g/mol. The highest BCUT2D eigenvalue weighted by molar-refractivity contribution is 5.76. The molecule has 0 spiro atoms. The lowest BCUT2D eigenvalue weighted by Gasteiger charge is -2.15. The third kappa shape index (κ3) is 6.93. The van der Waals surface area contributed by atoms with E-state index in [4.69, 9.17) is 9.47 Å². The normalized spacial score (nSPS) is 20.9. The van der Waals surface area contributed by atoms with Crippen molar-refractivity contribution in [2.75, 3.05) is 40.0 Å². The number of nitrogens with one attached hydrogen (secondary N) is 2. The Hall–Kier alpha value is -0.650. The summed E-state index contributed by atoms with van der Waals surface area (Å²) in [6, 6.07) is 0.0658. The van der Waals surface area contributed by atoms with E-state index in [2.05, 4.69) is 10.6 Å². The Morgan fingerprint density at radius 3 is 3.00 bits per heavy atom. The van der Waals surface area contributed by atoms with Crippen LogP contribution in [0.4, 0.5) is 0 Å². The molecule has 0 saturated carbocycles. The Labute approximate surface area is 110 Å². The van der Waals surface area contributed by atoms with E-state index >= 15 is 0 Å². The summed E-state index contributed by atoms with van der Waals surface area (Å²) in [4.78, 5) is 11.7. The molecule has 1 amide bonds. The van der Waals surface area contributed by atoms with Crippen LogP contribution in [0.25, 0.3) is 0 Å². The number of methoxy groups -OCH3 is 1. The van der Waals surface area contributed by atoms with E-state index in [1.54, 1.807) is 7.11 Å². The fourth-order valence-corrected chi connectivity index (χ4v) is 2.09. The molecule has 106 valence electrons. The minimum absolute atomic E-state index is 0.0658. The molecule has 0 radical (unpaired) electrons. The van der Waals surface area contributed by atoms with Gasteiger partial charge in [0.1, 0.15) is 0 Å². The van der Waals surface area contributed by atoms with Crippen molar-refractivity contribution < 1.29 is 14.3 Å². The monoisotopic (exact) mass is 258 g/mol. The lowest BCUT2D eigenvalue weighted by Crippen LogP contribution is -2.36. The van der Waals surface area contributed by atoms with Gasteiger partial charge in [-0.25, -0.2) is 0 Å². The molecule has 0 aromatic rings. The third-order valence-corrected chi connectivity index (χ3v) is 3.15. The first kappa shape index (κ1) is 15.4. The summed E-state index contributed by atoms with van der Waals surface area (Å²) in [5.41, 5.74) is 0. The Kier molecular flexibility index (Phi) is 7.96. The van der Waals surface area contributed by atoms with Crippen LogP contribution in [0.3, 0.4) is 0 Å². The van der Waals surface area contributed by atoms with Gasteiger partial charge in [-0.05, 0) is 38.8 Å². The van der Waals surface area contributed by atoms with Gasteiger partial charge in [0, 0.05) is 19.6 Å². The first-order valence-corrected chi connectivity index (χ1v) is 6.79. The van der Waals surface area contributed by atoms with Crippen LogP contribution in [0.15, 0.2) is 0 Å². The summed E-state index contributed by atoms with van der Waals surface area (Å²) in [6.07, 6.45) is 2.80. The molecule has 0 aromatic heterocycles. The van der Waals surface area contributed by atoms with E-state index in [-0.39, 0.29) is 11.9 Å². The molecule has 0 aromatic carbocycles. The fraction of sp³-hybridized carbons (Fsp3) is 0.923. The average Bonchev–Trinajstić information content (AvgIpc) is 2.85. The second kappa shape index (κ2) is 9.30. The Morgan fingerprint density at radius 1 is 1.50 bits per heavy atom. The van der Waals surface area contributed by atoms with Gasteiger partial charge < -0.3 is 20.1 Å². The lowest BCUT2D eigenvalue weighted by molar-refractivity contribution is -0.122. The predicted molar refractivity (Wildman–Crippen MR) is 70.5 cm³/mol. The quantitative estimate of drug-likeness (QED) is 0.593. The number of hydrogen-bond acceptors (Lipinski definition) is 4. The van der Waals surface area contributed by atoms with Crippen LogP contribution < -0.4 is 10.6 Å². The Balaban J connectivity index is 2.00. The standard InChI is InChI=1S/C13H26N2O3/c1-11(10-18-8-7-17-2)15-13(16)4-3-12-5-6-14-9-12/h11-12,14H,3-10H2,1-2H3,(H,15,16). The van der Waals surface area contributed by atoms with E-state index in [0.717, 1.165) is 19.5 Å². The summed E-state index contributed by atoms with van der Waals surface area (Å²) in [6.45, 7) is 5.82. The van der Waals surface area contributed by atoms with Gasteiger partial charge >= 0.3 is 0 Å². The number of rotatable bonds is 9. The van der Waals surface area contributed by atoms with Gasteiger partial charge in [0.2, 0.25) is 5.91 Å². The van der Waals surface area contributed by atoms with Crippen molar-refractivity contribution in [1.29, 1.82) is 0 Å². The van der Waals surface area contributed by atoms with Gasteiger partial charge in [-0.15, -0.1) is 0 Å². The van der Waals surface area contributed by atoms with Crippen molar-refractivity contribution in [1.82, 2.24) is 10.6 Å². The lowest BCUT2D eigenvalue weighted by atomic mass is 10.0. The zero-order valence-corrected chi connectivity index (χ0v) is 11.5. The van der Waals surface area contributed by atoms with E-state index in [1.807, 2.05) is 6.92 Å². The molecule has 1 fully saturated rings.